The minimum atomic E-state index is -0.110. The average Bonchev–Trinajstić information content (AvgIpc) is 3.01. The molecule has 0 saturated heterocycles. The van der Waals surface area contributed by atoms with Crippen LogP contribution in [-0.4, -0.2) is 52.9 Å². The fourth-order valence-electron chi connectivity index (χ4n) is 3.99. The molecule has 0 fully saturated rings. The zero-order chi connectivity index (χ0) is 21.7. The van der Waals surface area contributed by atoms with E-state index in [-0.39, 0.29) is 11.9 Å². The van der Waals surface area contributed by atoms with E-state index in [9.17, 15) is 4.79 Å². The Morgan fingerprint density at radius 3 is 2.57 bits per heavy atom. The number of fused-ring (bicyclic) bond motifs is 1. The van der Waals surface area contributed by atoms with Crippen LogP contribution in [0.2, 0.25) is 0 Å². The van der Waals surface area contributed by atoms with E-state index in [2.05, 4.69) is 44.9 Å². The van der Waals surface area contributed by atoms with Crippen molar-refractivity contribution >= 4 is 5.91 Å². The van der Waals surface area contributed by atoms with Crippen LogP contribution in [-0.2, 0) is 24.3 Å². The number of rotatable bonds is 8. The molecule has 1 N–H and O–H groups in total. The summed E-state index contributed by atoms with van der Waals surface area (Å²) in [4.78, 5) is 14.1. The second-order valence-electron chi connectivity index (χ2n) is 8.22. The highest BCUT2D eigenvalue weighted by molar-refractivity contribution is 5.73. The summed E-state index contributed by atoms with van der Waals surface area (Å²) in [5, 5.41) is 11.9. The molecule has 2 aromatic rings. The van der Waals surface area contributed by atoms with Gasteiger partial charge in [0.25, 0.3) is 0 Å². The van der Waals surface area contributed by atoms with Gasteiger partial charge in [0, 0.05) is 39.5 Å². The molecule has 0 saturated carbocycles. The van der Waals surface area contributed by atoms with E-state index in [0.717, 1.165) is 62.2 Å². The molecule has 1 atom stereocenters. The highest BCUT2D eigenvalue weighted by atomic mass is 16.5. The van der Waals surface area contributed by atoms with Gasteiger partial charge >= 0.3 is 0 Å². The first-order chi connectivity index (χ1) is 14.4. The number of ether oxygens (including phenoxy) is 2. The molecule has 0 aliphatic carbocycles. The molecule has 1 amide bonds. The Labute approximate surface area is 178 Å². The Kier molecular flexibility index (Phi) is 7.31. The number of nitrogens with one attached hydrogen (secondary N) is 1. The molecule has 8 nitrogen and oxygen atoms in total. The van der Waals surface area contributed by atoms with E-state index in [0.29, 0.717) is 5.92 Å². The van der Waals surface area contributed by atoms with Crippen LogP contribution in [0.3, 0.4) is 0 Å². The molecule has 8 heteroatoms. The minimum absolute atomic E-state index is 0.0401. The highest BCUT2D eigenvalue weighted by Crippen LogP contribution is 2.28. The maximum absolute atomic E-state index is 11.7. The number of methoxy groups -OCH3 is 2. The van der Waals surface area contributed by atoms with Gasteiger partial charge in [0.1, 0.15) is 5.82 Å². The van der Waals surface area contributed by atoms with Crippen molar-refractivity contribution in [2.75, 3.05) is 27.3 Å². The second kappa shape index (κ2) is 9.93. The number of carbonyl (C=O) groups is 1. The number of aromatic nitrogens is 3. The third kappa shape index (κ3) is 5.30. The molecule has 1 aromatic heterocycles. The molecular weight excluding hydrogens is 382 g/mol. The quantitative estimate of drug-likeness (QED) is 0.714. The molecule has 2 heterocycles. The van der Waals surface area contributed by atoms with E-state index in [4.69, 9.17) is 9.47 Å². The topological polar surface area (TPSA) is 81.5 Å². The predicted molar refractivity (Wildman–Crippen MR) is 115 cm³/mol. The smallest absolute Gasteiger partial charge is 0.217 e. The lowest BCUT2D eigenvalue weighted by Crippen LogP contribution is -2.31. The Hall–Kier alpha value is -2.61. The summed E-state index contributed by atoms with van der Waals surface area (Å²) in [6.07, 6.45) is 1.67. The van der Waals surface area contributed by atoms with E-state index in [1.807, 2.05) is 12.1 Å². The van der Waals surface area contributed by atoms with Gasteiger partial charge in [-0.3, -0.25) is 9.69 Å². The van der Waals surface area contributed by atoms with Crippen LogP contribution in [0.25, 0.3) is 0 Å². The maximum Gasteiger partial charge on any atom is 0.217 e. The molecule has 1 aliphatic rings. The lowest BCUT2D eigenvalue weighted by molar-refractivity contribution is -0.119. The van der Waals surface area contributed by atoms with Crippen molar-refractivity contribution in [2.45, 2.75) is 52.7 Å². The van der Waals surface area contributed by atoms with Crippen LogP contribution >= 0.6 is 0 Å². The third-order valence-corrected chi connectivity index (χ3v) is 5.40. The summed E-state index contributed by atoms with van der Waals surface area (Å²) in [6, 6.07) is 5.95. The SMILES string of the molecule is COc1ccc(CN2CCc3nnc(C(CC(C)C)NC(C)=O)n3CC2)cc1OC. The number of carbonyl (C=O) groups excluding carboxylic acids is 1. The molecule has 0 spiro atoms. The lowest BCUT2D eigenvalue weighted by Gasteiger charge is -2.22. The van der Waals surface area contributed by atoms with Crippen molar-refractivity contribution in [1.82, 2.24) is 25.0 Å². The Morgan fingerprint density at radius 2 is 1.90 bits per heavy atom. The van der Waals surface area contributed by atoms with Gasteiger partial charge in [0.2, 0.25) is 5.91 Å². The number of hydrogen-bond donors (Lipinski definition) is 1. The summed E-state index contributed by atoms with van der Waals surface area (Å²) < 4.78 is 13.0. The van der Waals surface area contributed by atoms with Crippen molar-refractivity contribution in [2.24, 2.45) is 5.92 Å². The Balaban J connectivity index is 1.72. The molecule has 0 radical (unpaired) electrons. The summed E-state index contributed by atoms with van der Waals surface area (Å²) in [5.41, 5.74) is 1.18. The summed E-state index contributed by atoms with van der Waals surface area (Å²) >= 11 is 0. The second-order valence-corrected chi connectivity index (χ2v) is 8.22. The van der Waals surface area contributed by atoms with Crippen LogP contribution in [0, 0.1) is 5.92 Å². The number of nitrogens with zero attached hydrogens (tertiary/aromatic N) is 4. The van der Waals surface area contributed by atoms with E-state index < -0.39 is 0 Å². The van der Waals surface area contributed by atoms with Crippen molar-refractivity contribution < 1.29 is 14.3 Å². The fourth-order valence-corrected chi connectivity index (χ4v) is 3.99. The van der Waals surface area contributed by atoms with Crippen LogP contribution in [0.5, 0.6) is 11.5 Å². The van der Waals surface area contributed by atoms with Crippen molar-refractivity contribution in [3.63, 3.8) is 0 Å². The van der Waals surface area contributed by atoms with Crippen molar-refractivity contribution in [3.8, 4) is 11.5 Å². The number of benzene rings is 1. The first-order valence-electron chi connectivity index (χ1n) is 10.5. The molecule has 164 valence electrons. The van der Waals surface area contributed by atoms with Gasteiger partial charge in [-0.25, -0.2) is 0 Å². The van der Waals surface area contributed by atoms with Gasteiger partial charge in [-0.05, 0) is 30.0 Å². The number of hydrogen-bond acceptors (Lipinski definition) is 6. The average molecular weight is 416 g/mol. The first kappa shape index (κ1) is 22.1. The van der Waals surface area contributed by atoms with Crippen LogP contribution in [0.4, 0.5) is 0 Å². The summed E-state index contributed by atoms with van der Waals surface area (Å²) in [7, 11) is 3.30. The normalized spacial score (nSPS) is 15.4. The molecule has 1 aromatic carbocycles. The summed E-state index contributed by atoms with van der Waals surface area (Å²) in [5.74, 6) is 3.74. The summed E-state index contributed by atoms with van der Waals surface area (Å²) in [6.45, 7) is 9.28. The van der Waals surface area contributed by atoms with Crippen LogP contribution < -0.4 is 14.8 Å². The Bertz CT molecular complexity index is 864. The Morgan fingerprint density at radius 1 is 1.13 bits per heavy atom. The van der Waals surface area contributed by atoms with Gasteiger partial charge < -0.3 is 19.4 Å². The van der Waals surface area contributed by atoms with Gasteiger partial charge in [-0.2, -0.15) is 0 Å². The van der Waals surface area contributed by atoms with Crippen LogP contribution in [0.15, 0.2) is 18.2 Å². The van der Waals surface area contributed by atoms with E-state index in [1.54, 1.807) is 21.1 Å². The molecule has 1 unspecified atom stereocenters. The van der Waals surface area contributed by atoms with Crippen molar-refractivity contribution in [1.29, 1.82) is 0 Å². The molecule has 1 aliphatic heterocycles. The first-order valence-corrected chi connectivity index (χ1v) is 10.5. The molecular formula is C22H33N5O3. The van der Waals surface area contributed by atoms with Crippen molar-refractivity contribution in [3.05, 3.63) is 35.4 Å². The highest BCUT2D eigenvalue weighted by Gasteiger charge is 2.25. The van der Waals surface area contributed by atoms with Gasteiger partial charge in [0.15, 0.2) is 17.3 Å². The van der Waals surface area contributed by atoms with Gasteiger partial charge in [-0.15, -0.1) is 10.2 Å². The fraction of sp³-hybridized carbons (Fsp3) is 0.591. The zero-order valence-electron chi connectivity index (χ0n) is 18.6. The standard InChI is InChI=1S/C22H33N5O3/c1-15(2)12-18(23-16(3)28)22-25-24-21-8-9-26(10-11-27(21)22)14-17-6-7-19(29-4)20(13-17)30-5/h6-7,13,15,18H,8-12,14H2,1-5H3,(H,23,28). The largest absolute Gasteiger partial charge is 0.493 e. The molecule has 0 bridgehead atoms. The van der Waals surface area contributed by atoms with E-state index >= 15 is 0 Å². The number of amides is 1. The van der Waals surface area contributed by atoms with E-state index in [1.165, 1.54) is 5.56 Å². The van der Waals surface area contributed by atoms with Gasteiger partial charge in [-0.1, -0.05) is 19.9 Å². The minimum Gasteiger partial charge on any atom is -0.493 e. The molecule has 30 heavy (non-hydrogen) atoms. The molecule has 3 rings (SSSR count). The maximum atomic E-state index is 11.7. The van der Waals surface area contributed by atoms with Crippen LogP contribution in [0.1, 0.15) is 50.4 Å². The van der Waals surface area contributed by atoms with Gasteiger partial charge in [0.05, 0.1) is 20.3 Å². The predicted octanol–water partition coefficient (Wildman–Crippen LogP) is 2.58. The third-order valence-electron chi connectivity index (χ3n) is 5.40. The monoisotopic (exact) mass is 415 g/mol. The lowest BCUT2D eigenvalue weighted by atomic mass is 10.0. The zero-order valence-corrected chi connectivity index (χ0v) is 18.6.